The lowest BCUT2D eigenvalue weighted by atomic mass is 10.3. The Labute approximate surface area is 108 Å². The van der Waals surface area contributed by atoms with Crippen LogP contribution in [-0.4, -0.2) is 29.1 Å². The van der Waals surface area contributed by atoms with E-state index in [1.165, 1.54) is 12.1 Å². The van der Waals surface area contributed by atoms with E-state index in [0.717, 1.165) is 19.5 Å². The van der Waals surface area contributed by atoms with Crippen molar-refractivity contribution < 1.29 is 9.66 Å². The fraction of sp³-hybridized carbons (Fsp3) is 0.538. The van der Waals surface area contributed by atoms with Crippen LogP contribution < -0.4 is 4.74 Å². The fourth-order valence-electron chi connectivity index (χ4n) is 1.85. The van der Waals surface area contributed by atoms with Crippen LogP contribution in [0, 0.1) is 10.1 Å². The summed E-state index contributed by atoms with van der Waals surface area (Å²) in [6.07, 6.45) is 0.889. The molecule has 100 valence electrons. The quantitative estimate of drug-likeness (QED) is 0.425. The van der Waals surface area contributed by atoms with E-state index in [2.05, 4.69) is 25.7 Å². The summed E-state index contributed by atoms with van der Waals surface area (Å²) in [5, 5.41) is 10.5. The molecular formula is C13H20N2O3. The molecule has 1 atom stereocenters. The van der Waals surface area contributed by atoms with E-state index < -0.39 is 4.92 Å². The number of nitro benzene ring substituents is 1. The van der Waals surface area contributed by atoms with Gasteiger partial charge in [-0.3, -0.25) is 15.0 Å². The van der Waals surface area contributed by atoms with Gasteiger partial charge in [0.25, 0.3) is 5.69 Å². The molecule has 0 saturated heterocycles. The Balaban J connectivity index is 2.72. The number of nitrogens with zero attached hydrogens (tertiary/aromatic N) is 2. The van der Waals surface area contributed by atoms with Crippen LogP contribution in [0.3, 0.4) is 0 Å². The van der Waals surface area contributed by atoms with Gasteiger partial charge in [0, 0.05) is 12.1 Å². The van der Waals surface area contributed by atoms with Gasteiger partial charge in [-0.15, -0.1) is 0 Å². The molecule has 5 heteroatoms. The SMILES string of the molecule is CCC(Oc1ccc([N+](=O)[O-])cc1)N(CC)CC. The molecule has 1 aromatic carbocycles. The number of hydrogen-bond acceptors (Lipinski definition) is 4. The zero-order valence-corrected chi connectivity index (χ0v) is 11.1. The first kappa shape index (κ1) is 14.4. The minimum Gasteiger partial charge on any atom is -0.475 e. The van der Waals surface area contributed by atoms with Crippen LogP contribution in [-0.2, 0) is 0 Å². The number of nitro groups is 1. The third-order valence-electron chi connectivity index (χ3n) is 2.89. The summed E-state index contributed by atoms with van der Waals surface area (Å²) in [7, 11) is 0. The van der Waals surface area contributed by atoms with Gasteiger partial charge < -0.3 is 4.74 Å². The average Bonchev–Trinajstić information content (AvgIpc) is 2.39. The van der Waals surface area contributed by atoms with E-state index >= 15 is 0 Å². The number of non-ortho nitro benzene ring substituents is 1. The molecule has 0 bridgehead atoms. The van der Waals surface area contributed by atoms with Crippen LogP contribution in [0.15, 0.2) is 24.3 Å². The van der Waals surface area contributed by atoms with Crippen molar-refractivity contribution in [3.8, 4) is 5.75 Å². The van der Waals surface area contributed by atoms with Crippen molar-refractivity contribution in [3.63, 3.8) is 0 Å². The Morgan fingerprint density at radius 3 is 2.17 bits per heavy atom. The molecular weight excluding hydrogens is 232 g/mol. The summed E-state index contributed by atoms with van der Waals surface area (Å²) >= 11 is 0. The maximum Gasteiger partial charge on any atom is 0.269 e. The molecule has 0 aliphatic rings. The second-order valence-corrected chi connectivity index (χ2v) is 3.95. The van der Waals surface area contributed by atoms with Crippen molar-refractivity contribution in [2.45, 2.75) is 33.4 Å². The van der Waals surface area contributed by atoms with E-state index in [9.17, 15) is 10.1 Å². The molecule has 18 heavy (non-hydrogen) atoms. The molecule has 0 fully saturated rings. The largest absolute Gasteiger partial charge is 0.475 e. The van der Waals surface area contributed by atoms with Crippen LogP contribution in [0.4, 0.5) is 5.69 Å². The topological polar surface area (TPSA) is 55.6 Å². The molecule has 0 radical (unpaired) electrons. The van der Waals surface area contributed by atoms with Gasteiger partial charge >= 0.3 is 0 Å². The van der Waals surface area contributed by atoms with Crippen LogP contribution >= 0.6 is 0 Å². The highest BCUT2D eigenvalue weighted by Crippen LogP contribution is 2.20. The smallest absolute Gasteiger partial charge is 0.269 e. The normalized spacial score (nSPS) is 12.4. The molecule has 5 nitrogen and oxygen atoms in total. The maximum atomic E-state index is 10.5. The highest BCUT2D eigenvalue weighted by Gasteiger charge is 2.15. The molecule has 1 aromatic rings. The third-order valence-corrected chi connectivity index (χ3v) is 2.89. The predicted octanol–water partition coefficient (Wildman–Crippen LogP) is 3.05. The number of hydrogen-bond donors (Lipinski definition) is 0. The van der Waals surface area contributed by atoms with E-state index in [1.54, 1.807) is 12.1 Å². The van der Waals surface area contributed by atoms with Crippen molar-refractivity contribution in [1.82, 2.24) is 4.90 Å². The first-order valence-corrected chi connectivity index (χ1v) is 6.27. The molecule has 0 aliphatic carbocycles. The lowest BCUT2D eigenvalue weighted by molar-refractivity contribution is -0.384. The summed E-state index contributed by atoms with van der Waals surface area (Å²) in [6, 6.07) is 6.21. The molecule has 0 aromatic heterocycles. The van der Waals surface area contributed by atoms with Gasteiger partial charge in [-0.05, 0) is 31.6 Å². The molecule has 0 spiro atoms. The van der Waals surface area contributed by atoms with Crippen molar-refractivity contribution in [2.75, 3.05) is 13.1 Å². The minimum absolute atomic E-state index is 0.0152. The third kappa shape index (κ3) is 3.70. The number of ether oxygens (including phenoxy) is 1. The molecule has 0 N–H and O–H groups in total. The van der Waals surface area contributed by atoms with E-state index in [4.69, 9.17) is 4.74 Å². The lowest BCUT2D eigenvalue weighted by Crippen LogP contribution is -2.38. The standard InChI is InChI=1S/C13H20N2O3/c1-4-13(14(5-2)6-3)18-12-9-7-11(8-10-12)15(16)17/h7-10,13H,4-6H2,1-3H3. The van der Waals surface area contributed by atoms with E-state index in [-0.39, 0.29) is 11.9 Å². The lowest BCUT2D eigenvalue weighted by Gasteiger charge is -2.29. The zero-order valence-electron chi connectivity index (χ0n) is 11.1. The van der Waals surface area contributed by atoms with Crippen LogP contribution in [0.2, 0.25) is 0 Å². The highest BCUT2D eigenvalue weighted by molar-refractivity contribution is 5.36. The monoisotopic (exact) mass is 252 g/mol. The van der Waals surface area contributed by atoms with Gasteiger partial charge in [-0.1, -0.05) is 20.8 Å². The Kier molecular flexibility index (Phi) is 5.58. The molecule has 1 rings (SSSR count). The van der Waals surface area contributed by atoms with Gasteiger partial charge in [0.2, 0.25) is 0 Å². The average molecular weight is 252 g/mol. The van der Waals surface area contributed by atoms with Gasteiger partial charge in [-0.2, -0.15) is 0 Å². The molecule has 0 aliphatic heterocycles. The predicted molar refractivity (Wildman–Crippen MR) is 70.7 cm³/mol. The van der Waals surface area contributed by atoms with Gasteiger partial charge in [-0.25, -0.2) is 0 Å². The Hall–Kier alpha value is -1.62. The summed E-state index contributed by atoms with van der Waals surface area (Å²) in [6.45, 7) is 8.08. The molecule has 1 unspecified atom stereocenters. The fourth-order valence-corrected chi connectivity index (χ4v) is 1.85. The van der Waals surface area contributed by atoms with E-state index in [0.29, 0.717) is 5.75 Å². The molecule has 0 amide bonds. The van der Waals surface area contributed by atoms with Gasteiger partial charge in [0.15, 0.2) is 6.23 Å². The summed E-state index contributed by atoms with van der Waals surface area (Å²) in [4.78, 5) is 12.3. The minimum atomic E-state index is -0.411. The Morgan fingerprint density at radius 1 is 1.22 bits per heavy atom. The van der Waals surface area contributed by atoms with Gasteiger partial charge in [0.1, 0.15) is 5.75 Å². The molecule has 0 heterocycles. The Morgan fingerprint density at radius 2 is 1.78 bits per heavy atom. The van der Waals surface area contributed by atoms with Crippen LogP contribution in [0.5, 0.6) is 5.75 Å². The van der Waals surface area contributed by atoms with Crippen LogP contribution in [0.25, 0.3) is 0 Å². The zero-order chi connectivity index (χ0) is 13.5. The summed E-state index contributed by atoms with van der Waals surface area (Å²) in [5.41, 5.74) is 0.0817. The number of benzene rings is 1. The molecule has 0 saturated carbocycles. The van der Waals surface area contributed by atoms with Crippen molar-refractivity contribution in [3.05, 3.63) is 34.4 Å². The van der Waals surface area contributed by atoms with Crippen molar-refractivity contribution in [1.29, 1.82) is 0 Å². The van der Waals surface area contributed by atoms with E-state index in [1.807, 2.05) is 0 Å². The maximum absolute atomic E-state index is 10.5. The first-order valence-electron chi connectivity index (χ1n) is 6.27. The highest BCUT2D eigenvalue weighted by atomic mass is 16.6. The van der Waals surface area contributed by atoms with Crippen LogP contribution in [0.1, 0.15) is 27.2 Å². The second-order valence-electron chi connectivity index (χ2n) is 3.95. The Bertz CT molecular complexity index is 374. The van der Waals surface area contributed by atoms with Crippen molar-refractivity contribution >= 4 is 5.69 Å². The summed E-state index contributed by atoms with van der Waals surface area (Å²) < 4.78 is 5.85. The van der Waals surface area contributed by atoms with Crippen molar-refractivity contribution in [2.24, 2.45) is 0 Å². The first-order chi connectivity index (χ1) is 8.62. The second kappa shape index (κ2) is 6.96. The van der Waals surface area contributed by atoms with Gasteiger partial charge in [0.05, 0.1) is 4.92 Å². The summed E-state index contributed by atoms with van der Waals surface area (Å²) in [5.74, 6) is 0.666. The number of rotatable bonds is 7.